The summed E-state index contributed by atoms with van der Waals surface area (Å²) in [6.07, 6.45) is 0.876. The molecule has 1 aliphatic heterocycles. The summed E-state index contributed by atoms with van der Waals surface area (Å²) in [5.74, 6) is 0. The van der Waals surface area contributed by atoms with Crippen LogP contribution in [-0.2, 0) is 10.3 Å². The Kier molecular flexibility index (Phi) is 2.53. The van der Waals surface area contributed by atoms with Crippen molar-refractivity contribution in [3.05, 3.63) is 20.8 Å². The molecule has 0 aliphatic carbocycles. The molecule has 14 heavy (non-hydrogen) atoms. The number of nitrogens with two attached hydrogens (primary N) is 1. The number of aliphatic imine (C=N–C) groups is 1. The van der Waals surface area contributed by atoms with Gasteiger partial charge in [0.05, 0.1) is 6.61 Å². The monoisotopic (exact) mass is 274 g/mol. The molecule has 1 aromatic heterocycles. The predicted octanol–water partition coefficient (Wildman–Crippen LogP) is 2.46. The first-order chi connectivity index (χ1) is 6.60. The summed E-state index contributed by atoms with van der Waals surface area (Å²) in [5.41, 5.74) is 5.37. The van der Waals surface area contributed by atoms with Crippen molar-refractivity contribution in [3.8, 4) is 0 Å². The van der Waals surface area contributed by atoms with Crippen LogP contribution < -0.4 is 5.73 Å². The summed E-state index contributed by atoms with van der Waals surface area (Å²) in [6, 6.07) is 2.38. The quantitative estimate of drug-likeness (QED) is 0.855. The van der Waals surface area contributed by atoms with Gasteiger partial charge in [-0.05, 0) is 28.9 Å². The fraction of sp³-hybridized carbons (Fsp3) is 0.444. The average Bonchev–Trinajstić information content (AvgIpc) is 2.52. The lowest BCUT2D eigenvalue weighted by molar-refractivity contribution is 0.220. The van der Waals surface area contributed by atoms with Crippen molar-refractivity contribution in [1.82, 2.24) is 0 Å². The van der Waals surface area contributed by atoms with Gasteiger partial charge in [-0.2, -0.15) is 0 Å². The number of nitrogens with zero attached hydrogens (tertiary/aromatic N) is 1. The standard InChI is InChI=1S/C9H11BrN2OS/c1-9(2-3-13-8(11)12-9)7-4-6(10)5-14-7/h4-5H,2-3H2,1H3,(H2,11,12). The molecule has 3 nitrogen and oxygen atoms in total. The van der Waals surface area contributed by atoms with E-state index in [9.17, 15) is 0 Å². The van der Waals surface area contributed by atoms with E-state index in [0.717, 1.165) is 10.9 Å². The molecular formula is C9H11BrN2OS. The predicted molar refractivity (Wildman–Crippen MR) is 61.6 cm³/mol. The number of amidine groups is 1. The molecule has 1 atom stereocenters. The van der Waals surface area contributed by atoms with Crippen molar-refractivity contribution in [2.75, 3.05) is 6.61 Å². The number of thiophene rings is 1. The lowest BCUT2D eigenvalue weighted by atomic mass is 9.96. The molecular weight excluding hydrogens is 264 g/mol. The summed E-state index contributed by atoms with van der Waals surface area (Å²) in [5, 5.41) is 2.06. The minimum atomic E-state index is -0.209. The molecule has 0 fully saturated rings. The lowest BCUT2D eigenvalue weighted by Gasteiger charge is -2.28. The van der Waals surface area contributed by atoms with E-state index in [1.165, 1.54) is 4.88 Å². The third-order valence-electron chi connectivity index (χ3n) is 2.29. The Bertz CT molecular complexity index is 377. The highest BCUT2D eigenvalue weighted by molar-refractivity contribution is 9.10. The molecule has 1 aliphatic rings. The van der Waals surface area contributed by atoms with Crippen molar-refractivity contribution < 1.29 is 4.74 Å². The van der Waals surface area contributed by atoms with Crippen LogP contribution in [0, 0.1) is 0 Å². The highest BCUT2D eigenvalue weighted by Gasteiger charge is 2.31. The van der Waals surface area contributed by atoms with E-state index in [4.69, 9.17) is 10.5 Å². The van der Waals surface area contributed by atoms with Crippen LogP contribution in [0.2, 0.25) is 0 Å². The first-order valence-corrected chi connectivity index (χ1v) is 6.00. The summed E-state index contributed by atoms with van der Waals surface area (Å²) < 4.78 is 6.22. The summed E-state index contributed by atoms with van der Waals surface area (Å²) >= 11 is 5.13. The topological polar surface area (TPSA) is 47.6 Å². The minimum absolute atomic E-state index is 0.209. The zero-order valence-electron chi connectivity index (χ0n) is 7.79. The van der Waals surface area contributed by atoms with Gasteiger partial charge >= 0.3 is 0 Å². The van der Waals surface area contributed by atoms with Crippen LogP contribution in [0.5, 0.6) is 0 Å². The van der Waals surface area contributed by atoms with Crippen LogP contribution in [0.25, 0.3) is 0 Å². The third-order valence-corrected chi connectivity index (χ3v) is 4.24. The maximum absolute atomic E-state index is 5.58. The van der Waals surface area contributed by atoms with Gasteiger partial charge in [0.25, 0.3) is 6.02 Å². The maximum atomic E-state index is 5.58. The molecule has 1 aromatic rings. The molecule has 0 amide bonds. The molecule has 0 saturated heterocycles. The van der Waals surface area contributed by atoms with Gasteiger partial charge < -0.3 is 10.5 Å². The van der Waals surface area contributed by atoms with E-state index >= 15 is 0 Å². The van der Waals surface area contributed by atoms with Crippen molar-refractivity contribution in [1.29, 1.82) is 0 Å². The molecule has 5 heteroatoms. The van der Waals surface area contributed by atoms with Gasteiger partial charge in [0.2, 0.25) is 0 Å². The molecule has 0 saturated carbocycles. The van der Waals surface area contributed by atoms with E-state index in [0.29, 0.717) is 12.6 Å². The highest BCUT2D eigenvalue weighted by Crippen LogP contribution is 2.36. The molecule has 0 bridgehead atoms. The van der Waals surface area contributed by atoms with Crippen LogP contribution in [0.1, 0.15) is 18.2 Å². The number of halogens is 1. The van der Waals surface area contributed by atoms with Crippen LogP contribution in [0.15, 0.2) is 20.9 Å². The second-order valence-corrected chi connectivity index (χ2v) is 5.28. The van der Waals surface area contributed by atoms with Crippen LogP contribution >= 0.6 is 27.3 Å². The van der Waals surface area contributed by atoms with Crippen molar-refractivity contribution in [2.24, 2.45) is 10.7 Å². The van der Waals surface area contributed by atoms with Crippen molar-refractivity contribution in [2.45, 2.75) is 18.9 Å². The van der Waals surface area contributed by atoms with Gasteiger partial charge in [-0.15, -0.1) is 11.3 Å². The van der Waals surface area contributed by atoms with Crippen molar-refractivity contribution in [3.63, 3.8) is 0 Å². The zero-order valence-corrected chi connectivity index (χ0v) is 10.2. The fourth-order valence-corrected chi connectivity index (χ4v) is 3.02. The first-order valence-electron chi connectivity index (χ1n) is 4.33. The minimum Gasteiger partial charge on any atom is -0.465 e. The first kappa shape index (κ1) is 9.98. The number of rotatable bonds is 1. The Morgan fingerprint density at radius 1 is 1.71 bits per heavy atom. The SMILES string of the molecule is CC1(c2cc(Br)cs2)CCOC(N)=N1. The number of ether oxygens (including phenoxy) is 1. The van der Waals surface area contributed by atoms with Gasteiger partial charge in [-0.3, -0.25) is 0 Å². The van der Waals surface area contributed by atoms with Crippen molar-refractivity contribution >= 4 is 33.3 Å². The average molecular weight is 275 g/mol. The summed E-state index contributed by atoms with van der Waals surface area (Å²) in [6.45, 7) is 2.72. The molecule has 2 N–H and O–H groups in total. The molecule has 2 heterocycles. The number of hydrogen-bond donors (Lipinski definition) is 1. The largest absolute Gasteiger partial charge is 0.465 e. The second-order valence-electron chi connectivity index (χ2n) is 3.45. The lowest BCUT2D eigenvalue weighted by Crippen LogP contribution is -2.32. The van der Waals surface area contributed by atoms with Crippen LogP contribution in [0.3, 0.4) is 0 Å². The van der Waals surface area contributed by atoms with E-state index < -0.39 is 0 Å². The molecule has 0 radical (unpaired) electrons. The highest BCUT2D eigenvalue weighted by atomic mass is 79.9. The van der Waals surface area contributed by atoms with Crippen LogP contribution in [0.4, 0.5) is 0 Å². The van der Waals surface area contributed by atoms with Gasteiger partial charge in [0, 0.05) is 21.2 Å². The summed E-state index contributed by atoms with van der Waals surface area (Å²) in [7, 11) is 0. The van der Waals surface area contributed by atoms with E-state index in [2.05, 4.69) is 39.3 Å². The molecule has 1 unspecified atom stereocenters. The van der Waals surface area contributed by atoms with Gasteiger partial charge in [-0.1, -0.05) is 0 Å². The van der Waals surface area contributed by atoms with Crippen LogP contribution in [-0.4, -0.2) is 12.6 Å². The van der Waals surface area contributed by atoms with E-state index in [-0.39, 0.29) is 5.54 Å². The Balaban J connectivity index is 2.36. The normalized spacial score (nSPS) is 26.9. The van der Waals surface area contributed by atoms with Gasteiger partial charge in [0.1, 0.15) is 5.54 Å². The Hall–Kier alpha value is -0.550. The molecule has 76 valence electrons. The maximum Gasteiger partial charge on any atom is 0.282 e. The molecule has 0 spiro atoms. The summed E-state index contributed by atoms with van der Waals surface area (Å²) in [4.78, 5) is 5.58. The number of hydrogen-bond acceptors (Lipinski definition) is 4. The Morgan fingerprint density at radius 2 is 2.50 bits per heavy atom. The zero-order chi connectivity index (χ0) is 10.2. The second kappa shape index (κ2) is 3.55. The van der Waals surface area contributed by atoms with Gasteiger partial charge in [0.15, 0.2) is 0 Å². The Morgan fingerprint density at radius 3 is 3.07 bits per heavy atom. The van der Waals surface area contributed by atoms with Gasteiger partial charge in [-0.25, -0.2) is 4.99 Å². The third kappa shape index (κ3) is 1.79. The smallest absolute Gasteiger partial charge is 0.282 e. The van der Waals surface area contributed by atoms with E-state index in [1.807, 2.05) is 0 Å². The fourth-order valence-electron chi connectivity index (χ4n) is 1.46. The van der Waals surface area contributed by atoms with E-state index in [1.54, 1.807) is 11.3 Å². The molecule has 0 aromatic carbocycles. The molecule has 2 rings (SSSR count). The Labute approximate surface area is 95.1 Å².